The second-order valence-corrected chi connectivity index (χ2v) is 4.60. The van der Waals surface area contributed by atoms with Crippen molar-refractivity contribution in [2.45, 2.75) is 0 Å². The van der Waals surface area contributed by atoms with Crippen LogP contribution in [0.2, 0.25) is 0 Å². The van der Waals surface area contributed by atoms with Crippen LogP contribution in [0.1, 0.15) is 0 Å². The zero-order valence-electron chi connectivity index (χ0n) is 11.2. The first-order chi connectivity index (χ1) is 9.92. The number of rotatable bonds is 1. The number of nitrogens with zero attached hydrogens (tertiary/aromatic N) is 2. The van der Waals surface area contributed by atoms with Gasteiger partial charge in [0.25, 0.3) is 0 Å². The Bertz CT molecular complexity index is 913. The minimum Gasteiger partial charge on any atom is -0.343 e. The molecule has 1 radical (unpaired) electrons. The van der Waals surface area contributed by atoms with E-state index in [2.05, 4.69) is 28.2 Å². The molecule has 0 fully saturated rings. The molecule has 97 valence electrons. The summed E-state index contributed by atoms with van der Waals surface area (Å²) in [7, 11) is 0. The number of hydrogen-bond acceptors (Lipinski definition) is 2. The Kier molecular flexibility index (Phi) is 4.09. The molecule has 0 aliphatic heterocycles. The van der Waals surface area contributed by atoms with Gasteiger partial charge in [0.1, 0.15) is 0 Å². The SMILES string of the molecule is [Y].[c-]1ccc2ncccc2c1-c1[c-]c2ccccc2nc1. The summed E-state index contributed by atoms with van der Waals surface area (Å²) in [6, 6.07) is 22.5. The van der Waals surface area contributed by atoms with Crippen molar-refractivity contribution in [3.63, 3.8) is 0 Å². The fourth-order valence-corrected chi connectivity index (χ4v) is 2.40. The molecule has 0 amide bonds. The Balaban J connectivity index is 0.00000132. The second kappa shape index (κ2) is 6.01. The predicted molar refractivity (Wildman–Crippen MR) is 80.2 cm³/mol. The van der Waals surface area contributed by atoms with Crippen molar-refractivity contribution in [3.8, 4) is 11.1 Å². The van der Waals surface area contributed by atoms with Gasteiger partial charge in [-0.1, -0.05) is 30.5 Å². The minimum absolute atomic E-state index is 0. The molecule has 0 saturated carbocycles. The first kappa shape index (κ1) is 14.3. The Morgan fingerprint density at radius 1 is 0.857 bits per heavy atom. The molecule has 0 N–H and O–H groups in total. The third kappa shape index (κ3) is 2.62. The van der Waals surface area contributed by atoms with Crippen LogP contribution < -0.4 is 0 Å². The Hall–Kier alpha value is -1.64. The van der Waals surface area contributed by atoms with E-state index in [0.717, 1.165) is 32.9 Å². The smallest absolute Gasteiger partial charge is 0.0247 e. The van der Waals surface area contributed by atoms with E-state index in [4.69, 9.17) is 0 Å². The van der Waals surface area contributed by atoms with Gasteiger partial charge in [-0.05, 0) is 11.0 Å². The van der Waals surface area contributed by atoms with Crippen LogP contribution in [0.3, 0.4) is 0 Å². The summed E-state index contributed by atoms with van der Waals surface area (Å²) in [6.07, 6.45) is 3.65. The van der Waals surface area contributed by atoms with Gasteiger partial charge >= 0.3 is 0 Å². The molecule has 4 aromatic rings. The number of pyridine rings is 2. The standard InChI is InChI=1S/C18H10N2.Y/c1-2-8-17-13(5-1)11-14(12-20-17)15-6-3-9-18-16(15)7-4-10-19-18;/h1-5,7-10,12H;/q-2;. The monoisotopic (exact) mass is 343 g/mol. The van der Waals surface area contributed by atoms with Crippen LogP contribution in [0.4, 0.5) is 0 Å². The van der Waals surface area contributed by atoms with Gasteiger partial charge in [-0.3, -0.25) is 4.98 Å². The summed E-state index contributed by atoms with van der Waals surface area (Å²) in [5.41, 5.74) is 3.86. The van der Waals surface area contributed by atoms with Crippen LogP contribution in [0.5, 0.6) is 0 Å². The van der Waals surface area contributed by atoms with Crippen LogP contribution >= 0.6 is 0 Å². The van der Waals surface area contributed by atoms with Gasteiger partial charge in [-0.15, -0.1) is 29.0 Å². The molecule has 0 bridgehead atoms. The fraction of sp³-hybridized carbons (Fsp3) is 0. The van der Waals surface area contributed by atoms with E-state index in [0.29, 0.717) is 0 Å². The van der Waals surface area contributed by atoms with Gasteiger partial charge in [0.05, 0.1) is 0 Å². The molecule has 0 spiro atoms. The first-order valence-corrected chi connectivity index (χ1v) is 6.45. The van der Waals surface area contributed by atoms with Gasteiger partial charge in [-0.2, -0.15) is 29.3 Å². The quantitative estimate of drug-likeness (QED) is 0.488. The molecule has 3 heteroatoms. The van der Waals surface area contributed by atoms with E-state index in [1.54, 1.807) is 6.20 Å². The molecule has 2 nitrogen and oxygen atoms in total. The Morgan fingerprint density at radius 3 is 2.71 bits per heavy atom. The summed E-state index contributed by atoms with van der Waals surface area (Å²) in [4.78, 5) is 8.87. The maximum absolute atomic E-state index is 4.49. The van der Waals surface area contributed by atoms with Gasteiger partial charge in [0, 0.05) is 38.9 Å². The molecule has 0 aliphatic rings. The topological polar surface area (TPSA) is 25.8 Å². The number of hydrogen-bond donors (Lipinski definition) is 0. The van der Waals surface area contributed by atoms with Crippen molar-refractivity contribution >= 4 is 21.8 Å². The molecule has 21 heavy (non-hydrogen) atoms. The van der Waals surface area contributed by atoms with Crippen molar-refractivity contribution in [1.29, 1.82) is 0 Å². The molecule has 0 aliphatic carbocycles. The Labute approximate surface area is 148 Å². The average molecular weight is 343 g/mol. The predicted octanol–water partition coefficient (Wildman–Crippen LogP) is 4.05. The normalized spacial score (nSPS) is 10.5. The molecular formula is C18H10N2Y-2. The van der Waals surface area contributed by atoms with Crippen LogP contribution in [-0.4, -0.2) is 9.97 Å². The number of aromatic nitrogens is 2. The van der Waals surface area contributed by atoms with Crippen LogP contribution in [0.25, 0.3) is 32.9 Å². The molecule has 4 rings (SSSR count). The second-order valence-electron chi connectivity index (χ2n) is 4.60. The maximum atomic E-state index is 4.49. The summed E-state index contributed by atoms with van der Waals surface area (Å²) in [5.74, 6) is 0. The summed E-state index contributed by atoms with van der Waals surface area (Å²) in [5, 5.41) is 2.09. The number of para-hydroxylation sites is 1. The van der Waals surface area contributed by atoms with Gasteiger partial charge in [0.15, 0.2) is 0 Å². The molecule has 2 aromatic heterocycles. The Morgan fingerprint density at radius 2 is 1.76 bits per heavy atom. The van der Waals surface area contributed by atoms with E-state index in [1.165, 1.54) is 0 Å². The average Bonchev–Trinajstić information content (AvgIpc) is 2.54. The molecular weight excluding hydrogens is 333 g/mol. The van der Waals surface area contributed by atoms with E-state index < -0.39 is 0 Å². The fourth-order valence-electron chi connectivity index (χ4n) is 2.40. The van der Waals surface area contributed by atoms with Crippen molar-refractivity contribution in [2.75, 3.05) is 0 Å². The molecule has 2 aromatic carbocycles. The van der Waals surface area contributed by atoms with Gasteiger partial charge in [0.2, 0.25) is 0 Å². The van der Waals surface area contributed by atoms with E-state index in [1.807, 2.05) is 48.7 Å². The van der Waals surface area contributed by atoms with Crippen molar-refractivity contribution in [3.05, 3.63) is 73.1 Å². The third-order valence-corrected chi connectivity index (χ3v) is 3.35. The number of benzene rings is 2. The molecule has 0 unspecified atom stereocenters. The zero-order valence-corrected chi connectivity index (χ0v) is 14.1. The first-order valence-electron chi connectivity index (χ1n) is 6.45. The van der Waals surface area contributed by atoms with Crippen LogP contribution in [0.15, 0.2) is 60.9 Å². The van der Waals surface area contributed by atoms with Gasteiger partial charge in [-0.25, -0.2) is 0 Å². The molecule has 2 heterocycles. The minimum atomic E-state index is 0. The van der Waals surface area contributed by atoms with E-state index in [-0.39, 0.29) is 32.7 Å². The van der Waals surface area contributed by atoms with Crippen LogP contribution in [-0.2, 0) is 32.7 Å². The zero-order chi connectivity index (χ0) is 13.4. The largest absolute Gasteiger partial charge is 0.343 e. The third-order valence-electron chi connectivity index (χ3n) is 3.35. The van der Waals surface area contributed by atoms with Crippen molar-refractivity contribution in [1.82, 2.24) is 9.97 Å². The number of fused-ring (bicyclic) bond motifs is 2. The van der Waals surface area contributed by atoms with Crippen molar-refractivity contribution < 1.29 is 32.7 Å². The summed E-state index contributed by atoms with van der Waals surface area (Å²) < 4.78 is 0. The van der Waals surface area contributed by atoms with Crippen molar-refractivity contribution in [2.24, 2.45) is 0 Å². The van der Waals surface area contributed by atoms with E-state index >= 15 is 0 Å². The maximum Gasteiger partial charge on any atom is 0.0247 e. The molecule has 0 saturated heterocycles. The van der Waals surface area contributed by atoms with E-state index in [9.17, 15) is 0 Å². The molecule has 0 atom stereocenters. The van der Waals surface area contributed by atoms with Gasteiger partial charge < -0.3 is 4.98 Å². The van der Waals surface area contributed by atoms with Crippen LogP contribution in [0, 0.1) is 12.1 Å². The summed E-state index contributed by atoms with van der Waals surface area (Å²) >= 11 is 0. The summed E-state index contributed by atoms with van der Waals surface area (Å²) in [6.45, 7) is 0.